The van der Waals surface area contributed by atoms with Crippen molar-refractivity contribution in [3.05, 3.63) is 30.2 Å². The van der Waals surface area contributed by atoms with E-state index in [9.17, 15) is 8.42 Å². The third-order valence-corrected chi connectivity index (χ3v) is 3.81. The molecule has 0 amide bonds. The van der Waals surface area contributed by atoms with E-state index in [1.807, 2.05) is 19.1 Å². The van der Waals surface area contributed by atoms with Crippen LogP contribution in [0.3, 0.4) is 0 Å². The van der Waals surface area contributed by atoms with Gasteiger partial charge in [0, 0.05) is 18.0 Å². The van der Waals surface area contributed by atoms with Gasteiger partial charge in [-0.3, -0.25) is 9.71 Å². The highest BCUT2D eigenvalue weighted by Crippen LogP contribution is 2.32. The molecule has 0 aliphatic heterocycles. The van der Waals surface area contributed by atoms with Crippen LogP contribution in [0.2, 0.25) is 0 Å². The lowest BCUT2D eigenvalue weighted by molar-refractivity contribution is 0.607. The molecule has 0 saturated carbocycles. The molecular formula is C10H11N3O2S2. The number of hydrogen-bond acceptors (Lipinski definition) is 5. The zero-order chi connectivity index (χ0) is 12.5. The molecule has 2 rings (SSSR count). The maximum Gasteiger partial charge on any atom is 0.231 e. The lowest BCUT2D eigenvalue weighted by atomic mass is 10.2. The number of aromatic nitrogens is 2. The number of pyridine rings is 1. The Morgan fingerprint density at radius 1 is 1.41 bits per heavy atom. The molecule has 0 aliphatic carbocycles. The first-order valence-electron chi connectivity index (χ1n) is 4.81. The number of thiazole rings is 1. The minimum Gasteiger partial charge on any atom is -0.264 e. The number of sulfonamides is 1. The van der Waals surface area contributed by atoms with E-state index in [0.717, 1.165) is 22.4 Å². The van der Waals surface area contributed by atoms with Crippen molar-refractivity contribution in [2.45, 2.75) is 6.92 Å². The first-order chi connectivity index (χ1) is 7.96. The van der Waals surface area contributed by atoms with E-state index in [0.29, 0.717) is 5.13 Å². The number of anilines is 1. The molecule has 2 heterocycles. The average Bonchev–Trinajstić information content (AvgIpc) is 2.58. The van der Waals surface area contributed by atoms with Crippen LogP contribution in [0, 0.1) is 6.92 Å². The van der Waals surface area contributed by atoms with Crippen molar-refractivity contribution in [1.82, 2.24) is 9.97 Å². The number of nitrogens with zero attached hydrogens (tertiary/aromatic N) is 2. The topological polar surface area (TPSA) is 72.0 Å². The van der Waals surface area contributed by atoms with E-state index >= 15 is 0 Å². The Kier molecular flexibility index (Phi) is 3.12. The molecule has 0 atom stereocenters. The van der Waals surface area contributed by atoms with Crippen LogP contribution in [0.15, 0.2) is 24.5 Å². The summed E-state index contributed by atoms with van der Waals surface area (Å²) in [5.74, 6) is 0. The lowest BCUT2D eigenvalue weighted by Gasteiger charge is -1.96. The minimum atomic E-state index is -3.28. The van der Waals surface area contributed by atoms with Crippen molar-refractivity contribution in [3.63, 3.8) is 0 Å². The molecule has 0 radical (unpaired) electrons. The van der Waals surface area contributed by atoms with Crippen LogP contribution in [-0.4, -0.2) is 24.6 Å². The van der Waals surface area contributed by atoms with Gasteiger partial charge in [0.2, 0.25) is 10.0 Å². The molecule has 0 aliphatic rings. The fourth-order valence-corrected chi connectivity index (χ4v) is 3.16. The molecular weight excluding hydrogens is 258 g/mol. The molecule has 0 aromatic carbocycles. The fourth-order valence-electron chi connectivity index (χ4n) is 1.36. The Morgan fingerprint density at radius 2 is 2.18 bits per heavy atom. The first kappa shape index (κ1) is 12.0. The molecule has 0 saturated heterocycles. The molecule has 0 unspecified atom stereocenters. The van der Waals surface area contributed by atoms with Crippen molar-refractivity contribution in [1.29, 1.82) is 0 Å². The highest BCUT2D eigenvalue weighted by atomic mass is 32.2. The van der Waals surface area contributed by atoms with Crippen LogP contribution in [0.5, 0.6) is 0 Å². The highest BCUT2D eigenvalue weighted by molar-refractivity contribution is 7.92. The van der Waals surface area contributed by atoms with Crippen LogP contribution >= 0.6 is 11.3 Å². The second-order valence-electron chi connectivity index (χ2n) is 3.55. The molecule has 2 aromatic rings. The predicted molar refractivity (Wildman–Crippen MR) is 68.5 cm³/mol. The van der Waals surface area contributed by atoms with Crippen LogP contribution in [0.1, 0.15) is 5.69 Å². The van der Waals surface area contributed by atoms with Crippen LogP contribution in [0.4, 0.5) is 5.13 Å². The molecule has 5 nitrogen and oxygen atoms in total. The van der Waals surface area contributed by atoms with E-state index in [1.54, 1.807) is 12.4 Å². The maximum absolute atomic E-state index is 11.1. The third-order valence-electron chi connectivity index (χ3n) is 1.99. The summed E-state index contributed by atoms with van der Waals surface area (Å²) in [4.78, 5) is 9.12. The monoisotopic (exact) mass is 269 g/mol. The summed E-state index contributed by atoms with van der Waals surface area (Å²) in [6, 6.07) is 3.75. The first-order valence-corrected chi connectivity index (χ1v) is 7.52. The molecule has 90 valence electrons. The van der Waals surface area contributed by atoms with Crippen molar-refractivity contribution in [2.75, 3.05) is 11.0 Å². The molecule has 17 heavy (non-hydrogen) atoms. The van der Waals surface area contributed by atoms with Gasteiger partial charge in [0.25, 0.3) is 0 Å². The highest BCUT2D eigenvalue weighted by Gasteiger charge is 2.12. The Bertz CT molecular complexity index is 620. The molecule has 0 bridgehead atoms. The van der Waals surface area contributed by atoms with Crippen LogP contribution < -0.4 is 4.72 Å². The summed E-state index contributed by atoms with van der Waals surface area (Å²) < 4.78 is 24.6. The average molecular weight is 269 g/mol. The Hall–Kier alpha value is -1.47. The molecule has 2 aromatic heterocycles. The van der Waals surface area contributed by atoms with Crippen LogP contribution in [-0.2, 0) is 10.0 Å². The normalized spacial score (nSPS) is 11.4. The summed E-state index contributed by atoms with van der Waals surface area (Å²) >= 11 is 1.30. The fraction of sp³-hybridized carbons (Fsp3) is 0.200. The smallest absolute Gasteiger partial charge is 0.231 e. The standard InChI is InChI=1S/C10H11N3O2S2/c1-7-9(8-4-3-5-11-6-8)16-10(12-7)13-17(2,14)15/h3-6H,1-2H3,(H,12,13). The minimum absolute atomic E-state index is 0.379. The number of nitrogens with one attached hydrogen (secondary N) is 1. The van der Waals surface area contributed by atoms with Gasteiger partial charge in [0.05, 0.1) is 16.8 Å². The van der Waals surface area contributed by atoms with E-state index in [4.69, 9.17) is 0 Å². The van der Waals surface area contributed by atoms with Crippen molar-refractivity contribution in [2.24, 2.45) is 0 Å². The van der Waals surface area contributed by atoms with Gasteiger partial charge in [-0.1, -0.05) is 17.4 Å². The zero-order valence-corrected chi connectivity index (χ0v) is 11.0. The van der Waals surface area contributed by atoms with E-state index in [1.165, 1.54) is 11.3 Å². The van der Waals surface area contributed by atoms with Gasteiger partial charge in [-0.25, -0.2) is 13.4 Å². The van der Waals surface area contributed by atoms with E-state index in [2.05, 4.69) is 14.7 Å². The maximum atomic E-state index is 11.1. The number of hydrogen-bond donors (Lipinski definition) is 1. The number of rotatable bonds is 3. The van der Waals surface area contributed by atoms with Gasteiger partial charge in [0.15, 0.2) is 5.13 Å². The van der Waals surface area contributed by atoms with Gasteiger partial charge in [0.1, 0.15) is 0 Å². The van der Waals surface area contributed by atoms with Crippen LogP contribution in [0.25, 0.3) is 10.4 Å². The molecule has 1 N–H and O–H groups in total. The van der Waals surface area contributed by atoms with Gasteiger partial charge < -0.3 is 0 Å². The van der Waals surface area contributed by atoms with Crippen molar-refractivity contribution >= 4 is 26.5 Å². The Labute approximate surface area is 104 Å². The lowest BCUT2D eigenvalue weighted by Crippen LogP contribution is -2.08. The van der Waals surface area contributed by atoms with E-state index in [-0.39, 0.29) is 0 Å². The van der Waals surface area contributed by atoms with Gasteiger partial charge in [-0.15, -0.1) is 0 Å². The summed E-state index contributed by atoms with van der Waals surface area (Å²) in [7, 11) is -3.28. The van der Waals surface area contributed by atoms with Crippen molar-refractivity contribution < 1.29 is 8.42 Å². The summed E-state index contributed by atoms with van der Waals surface area (Å²) in [6.45, 7) is 1.84. The molecule has 0 spiro atoms. The Balaban J connectivity index is 2.38. The predicted octanol–water partition coefficient (Wildman–Crippen LogP) is 1.89. The summed E-state index contributed by atoms with van der Waals surface area (Å²) in [6.07, 6.45) is 4.52. The third kappa shape index (κ3) is 3.01. The quantitative estimate of drug-likeness (QED) is 0.923. The summed E-state index contributed by atoms with van der Waals surface area (Å²) in [5.41, 5.74) is 1.72. The molecule has 7 heteroatoms. The van der Waals surface area contributed by atoms with Gasteiger partial charge in [-0.05, 0) is 13.0 Å². The molecule has 0 fully saturated rings. The SMILES string of the molecule is Cc1nc(NS(C)(=O)=O)sc1-c1cccnc1. The van der Waals surface area contributed by atoms with Gasteiger partial charge >= 0.3 is 0 Å². The van der Waals surface area contributed by atoms with Gasteiger partial charge in [-0.2, -0.15) is 0 Å². The summed E-state index contributed by atoms with van der Waals surface area (Å²) in [5, 5.41) is 0.379. The van der Waals surface area contributed by atoms with Crippen molar-refractivity contribution in [3.8, 4) is 10.4 Å². The Morgan fingerprint density at radius 3 is 2.76 bits per heavy atom. The number of aryl methyl sites for hydroxylation is 1. The zero-order valence-electron chi connectivity index (χ0n) is 9.34. The second kappa shape index (κ2) is 4.42. The largest absolute Gasteiger partial charge is 0.264 e. The second-order valence-corrected chi connectivity index (χ2v) is 6.30. The van der Waals surface area contributed by atoms with E-state index < -0.39 is 10.0 Å².